The lowest BCUT2D eigenvalue weighted by molar-refractivity contribution is 0.659. The lowest BCUT2D eigenvalue weighted by Crippen LogP contribution is -2.22. The van der Waals surface area contributed by atoms with E-state index in [1.807, 2.05) is 36.4 Å². The molecule has 0 aliphatic carbocycles. The Morgan fingerprint density at radius 2 is 1.35 bits per heavy atom. The maximum absolute atomic E-state index is 5.32. The van der Waals surface area contributed by atoms with E-state index < -0.39 is 0 Å². The minimum absolute atomic E-state index is 0.161. The zero-order valence-electron chi connectivity index (χ0n) is 9.64. The molecule has 0 fully saturated rings. The van der Waals surface area contributed by atoms with Gasteiger partial charge < -0.3 is 0 Å². The third-order valence-corrected chi connectivity index (χ3v) is 2.67. The van der Waals surface area contributed by atoms with Gasteiger partial charge in [0.25, 0.3) is 0 Å². The first-order chi connectivity index (χ1) is 8.42. The molecule has 0 saturated carbocycles. The van der Waals surface area contributed by atoms with E-state index in [0.29, 0.717) is 6.54 Å². The molecule has 0 atom stereocenters. The van der Waals surface area contributed by atoms with Gasteiger partial charge in [-0.25, -0.2) is 0 Å². The Morgan fingerprint density at radius 3 is 1.76 bits per heavy atom. The van der Waals surface area contributed by atoms with E-state index in [1.54, 1.807) is 0 Å². The Balaban J connectivity index is 2.30. The van der Waals surface area contributed by atoms with Crippen LogP contribution in [0.3, 0.4) is 0 Å². The Kier molecular flexibility index (Phi) is 3.96. The molecular weight excluding hydrogens is 206 g/mol. The van der Waals surface area contributed by atoms with E-state index in [1.165, 1.54) is 11.1 Å². The van der Waals surface area contributed by atoms with Gasteiger partial charge in [-0.3, -0.25) is 5.32 Å². The third-order valence-electron chi connectivity index (χ3n) is 2.67. The molecule has 0 radical (unpaired) electrons. The van der Waals surface area contributed by atoms with Crippen molar-refractivity contribution in [2.24, 2.45) is 0 Å². The number of hydrogen-bond acceptors (Lipinski definition) is 1. The molecule has 0 aliphatic rings. The second-order valence-corrected chi connectivity index (χ2v) is 3.84. The lowest BCUT2D eigenvalue weighted by Gasteiger charge is -2.18. The first kappa shape index (κ1) is 11.4. The summed E-state index contributed by atoms with van der Waals surface area (Å²) in [6, 6.07) is 20.8. The summed E-state index contributed by atoms with van der Waals surface area (Å²) < 4.78 is 0. The highest BCUT2D eigenvalue weighted by Gasteiger charge is 2.11. The highest BCUT2D eigenvalue weighted by atomic mass is 14.9. The van der Waals surface area contributed by atoms with Crippen molar-refractivity contribution in [1.82, 2.24) is 5.32 Å². The van der Waals surface area contributed by atoms with Crippen molar-refractivity contribution in [3.63, 3.8) is 0 Å². The molecule has 17 heavy (non-hydrogen) atoms. The van der Waals surface area contributed by atoms with E-state index in [2.05, 4.69) is 35.5 Å². The van der Waals surface area contributed by atoms with Crippen LogP contribution in [0.2, 0.25) is 0 Å². The normalized spacial score (nSPS) is 10.1. The second kappa shape index (κ2) is 5.89. The maximum Gasteiger partial charge on any atom is 0.0584 e. The van der Waals surface area contributed by atoms with Gasteiger partial charge in [-0.2, -0.15) is 0 Å². The standard InChI is InChI=1S/C16H15N/c1-2-13-17-16(14-9-5-3-6-10-14)15-11-7-4-8-12-15/h1,3-12,16-17H,13H2. The fourth-order valence-electron chi connectivity index (χ4n) is 1.88. The quantitative estimate of drug-likeness (QED) is 0.783. The second-order valence-electron chi connectivity index (χ2n) is 3.84. The SMILES string of the molecule is C#CCNC(c1ccccc1)c1ccccc1. The van der Waals surface area contributed by atoms with Crippen molar-refractivity contribution < 1.29 is 0 Å². The van der Waals surface area contributed by atoms with E-state index in [4.69, 9.17) is 6.42 Å². The van der Waals surface area contributed by atoms with E-state index >= 15 is 0 Å². The minimum Gasteiger partial charge on any atom is -0.295 e. The molecule has 1 nitrogen and oxygen atoms in total. The van der Waals surface area contributed by atoms with E-state index in [-0.39, 0.29) is 6.04 Å². The third kappa shape index (κ3) is 2.96. The first-order valence-electron chi connectivity index (χ1n) is 5.68. The van der Waals surface area contributed by atoms with Crippen LogP contribution in [0.25, 0.3) is 0 Å². The molecule has 0 bridgehead atoms. The molecule has 84 valence electrons. The topological polar surface area (TPSA) is 12.0 Å². The monoisotopic (exact) mass is 221 g/mol. The molecule has 2 aromatic carbocycles. The Bertz CT molecular complexity index is 442. The molecular formula is C16H15N. The highest BCUT2D eigenvalue weighted by Crippen LogP contribution is 2.21. The first-order valence-corrected chi connectivity index (χ1v) is 5.68. The molecule has 2 aromatic rings. The maximum atomic E-state index is 5.32. The highest BCUT2D eigenvalue weighted by molar-refractivity contribution is 5.31. The van der Waals surface area contributed by atoms with Gasteiger partial charge in [0.15, 0.2) is 0 Å². The summed E-state index contributed by atoms with van der Waals surface area (Å²) in [5.74, 6) is 2.63. The van der Waals surface area contributed by atoms with Gasteiger partial charge in [-0.15, -0.1) is 6.42 Å². The van der Waals surface area contributed by atoms with Gasteiger partial charge in [0.1, 0.15) is 0 Å². The summed E-state index contributed by atoms with van der Waals surface area (Å²) in [5, 5.41) is 3.37. The average molecular weight is 221 g/mol. The van der Waals surface area contributed by atoms with Crippen LogP contribution in [-0.4, -0.2) is 6.54 Å². The summed E-state index contributed by atoms with van der Waals surface area (Å²) >= 11 is 0. The van der Waals surface area contributed by atoms with Crippen LogP contribution in [0.1, 0.15) is 17.2 Å². The Morgan fingerprint density at radius 1 is 0.882 bits per heavy atom. The molecule has 0 unspecified atom stereocenters. The summed E-state index contributed by atoms with van der Waals surface area (Å²) in [4.78, 5) is 0. The predicted octanol–water partition coefficient (Wildman–Crippen LogP) is 3.00. The van der Waals surface area contributed by atoms with Crippen LogP contribution in [0.5, 0.6) is 0 Å². The molecule has 0 aromatic heterocycles. The number of hydrogen-bond donors (Lipinski definition) is 1. The zero-order chi connectivity index (χ0) is 11.9. The molecule has 0 saturated heterocycles. The minimum atomic E-state index is 0.161. The van der Waals surface area contributed by atoms with Crippen molar-refractivity contribution in [3.05, 3.63) is 71.8 Å². The summed E-state index contributed by atoms with van der Waals surface area (Å²) in [5.41, 5.74) is 2.46. The molecule has 2 rings (SSSR count). The number of terminal acetylenes is 1. The average Bonchev–Trinajstić information content (AvgIpc) is 2.42. The molecule has 0 aliphatic heterocycles. The van der Waals surface area contributed by atoms with Gasteiger partial charge in [-0.05, 0) is 11.1 Å². The van der Waals surface area contributed by atoms with Gasteiger partial charge in [0.2, 0.25) is 0 Å². The van der Waals surface area contributed by atoms with Crippen molar-refractivity contribution in [1.29, 1.82) is 0 Å². The van der Waals surface area contributed by atoms with Crippen LogP contribution >= 0.6 is 0 Å². The number of nitrogens with one attached hydrogen (secondary N) is 1. The van der Waals surface area contributed by atoms with Crippen molar-refractivity contribution in [3.8, 4) is 12.3 Å². The largest absolute Gasteiger partial charge is 0.295 e. The van der Waals surface area contributed by atoms with Gasteiger partial charge >= 0.3 is 0 Å². The van der Waals surface area contributed by atoms with E-state index in [0.717, 1.165) is 0 Å². The van der Waals surface area contributed by atoms with Crippen LogP contribution in [0, 0.1) is 12.3 Å². The Labute approximate surface area is 102 Å². The number of benzene rings is 2. The van der Waals surface area contributed by atoms with Crippen molar-refractivity contribution in [2.45, 2.75) is 6.04 Å². The predicted molar refractivity (Wildman–Crippen MR) is 71.6 cm³/mol. The fourth-order valence-corrected chi connectivity index (χ4v) is 1.88. The van der Waals surface area contributed by atoms with Crippen LogP contribution < -0.4 is 5.32 Å². The van der Waals surface area contributed by atoms with Crippen LogP contribution in [-0.2, 0) is 0 Å². The van der Waals surface area contributed by atoms with Gasteiger partial charge in [0.05, 0.1) is 12.6 Å². The molecule has 0 amide bonds. The van der Waals surface area contributed by atoms with Crippen LogP contribution in [0.4, 0.5) is 0 Å². The van der Waals surface area contributed by atoms with E-state index in [9.17, 15) is 0 Å². The number of rotatable bonds is 4. The molecule has 1 N–H and O–H groups in total. The zero-order valence-corrected chi connectivity index (χ0v) is 9.64. The Hall–Kier alpha value is -2.04. The molecule has 1 heteroatoms. The van der Waals surface area contributed by atoms with Crippen molar-refractivity contribution in [2.75, 3.05) is 6.54 Å². The summed E-state index contributed by atoms with van der Waals surface area (Å²) in [6.45, 7) is 0.564. The lowest BCUT2D eigenvalue weighted by atomic mass is 9.99. The van der Waals surface area contributed by atoms with Crippen LogP contribution in [0.15, 0.2) is 60.7 Å². The summed E-state index contributed by atoms with van der Waals surface area (Å²) in [6.07, 6.45) is 5.32. The summed E-state index contributed by atoms with van der Waals surface area (Å²) in [7, 11) is 0. The van der Waals surface area contributed by atoms with Gasteiger partial charge in [-0.1, -0.05) is 66.6 Å². The smallest absolute Gasteiger partial charge is 0.0584 e. The molecule has 0 spiro atoms. The molecule has 0 heterocycles. The fraction of sp³-hybridized carbons (Fsp3) is 0.125. The van der Waals surface area contributed by atoms with Gasteiger partial charge in [0, 0.05) is 0 Å². The van der Waals surface area contributed by atoms with Crippen molar-refractivity contribution >= 4 is 0 Å².